The van der Waals surface area contributed by atoms with Crippen molar-refractivity contribution < 1.29 is 23.0 Å². The molecule has 0 saturated carbocycles. The molecule has 0 amide bonds. The number of alkyl halides is 3. The van der Waals surface area contributed by atoms with E-state index in [-0.39, 0.29) is 29.3 Å². The number of nitrogens with one attached hydrogen (secondary N) is 2. The lowest BCUT2D eigenvalue weighted by Crippen LogP contribution is -2.37. The number of aromatic nitrogens is 3. The standard InChI is InChI=1S/C27H28F3N7O2/c1-15(31)25(38)35-20-6-3-7-22(24(20)32)39-23-13-21(17-8-10-19(11-9-17)27(28,29)30)36-26(37-23)34-16(2)18-5-4-12-33-14-18/h3-16,25,35,38H,31-32H2,1-2H3,(H,34,36,37). The second-order valence-corrected chi connectivity index (χ2v) is 8.91. The first-order chi connectivity index (χ1) is 18.5. The Hall–Kier alpha value is -4.42. The number of anilines is 3. The maximum absolute atomic E-state index is 13.1. The highest BCUT2D eigenvalue weighted by atomic mass is 19.4. The highest BCUT2D eigenvalue weighted by molar-refractivity contribution is 5.73. The van der Waals surface area contributed by atoms with E-state index in [1.807, 2.05) is 13.0 Å². The summed E-state index contributed by atoms with van der Waals surface area (Å²) < 4.78 is 45.3. The molecule has 2 aromatic carbocycles. The van der Waals surface area contributed by atoms with Crippen LogP contribution < -0.4 is 26.8 Å². The fourth-order valence-corrected chi connectivity index (χ4v) is 3.59. The van der Waals surface area contributed by atoms with E-state index in [1.54, 1.807) is 43.6 Å². The average molecular weight is 540 g/mol. The Bertz CT molecular complexity index is 1400. The van der Waals surface area contributed by atoms with Crippen LogP contribution in [0, 0.1) is 0 Å². The number of ether oxygens (including phenoxy) is 1. The van der Waals surface area contributed by atoms with E-state index in [9.17, 15) is 18.3 Å². The van der Waals surface area contributed by atoms with Gasteiger partial charge < -0.3 is 31.9 Å². The van der Waals surface area contributed by atoms with Gasteiger partial charge in [0, 0.05) is 30.1 Å². The molecule has 0 spiro atoms. The van der Waals surface area contributed by atoms with Gasteiger partial charge in [-0.15, -0.1) is 0 Å². The van der Waals surface area contributed by atoms with Crippen LogP contribution in [0.25, 0.3) is 11.3 Å². The van der Waals surface area contributed by atoms with Gasteiger partial charge in [-0.05, 0) is 49.7 Å². The lowest BCUT2D eigenvalue weighted by molar-refractivity contribution is -0.137. The molecule has 204 valence electrons. The van der Waals surface area contributed by atoms with Crippen molar-refractivity contribution >= 4 is 17.3 Å². The Balaban J connectivity index is 1.69. The Morgan fingerprint density at radius 2 is 1.72 bits per heavy atom. The van der Waals surface area contributed by atoms with Gasteiger partial charge in [-0.1, -0.05) is 24.3 Å². The number of halogens is 3. The van der Waals surface area contributed by atoms with Crippen molar-refractivity contribution in [3.05, 3.63) is 84.2 Å². The third-order valence-electron chi connectivity index (χ3n) is 5.82. The predicted molar refractivity (Wildman–Crippen MR) is 143 cm³/mol. The zero-order valence-electron chi connectivity index (χ0n) is 21.1. The maximum Gasteiger partial charge on any atom is 0.416 e. The third-order valence-corrected chi connectivity index (χ3v) is 5.82. The lowest BCUT2D eigenvalue weighted by atomic mass is 10.1. The third kappa shape index (κ3) is 6.92. The predicted octanol–water partition coefficient (Wildman–Crippen LogP) is 5.18. The van der Waals surface area contributed by atoms with Crippen LogP contribution >= 0.6 is 0 Å². The molecule has 12 heteroatoms. The summed E-state index contributed by atoms with van der Waals surface area (Å²) in [6.07, 6.45) is -2.15. The fourth-order valence-electron chi connectivity index (χ4n) is 3.59. The number of nitrogens with zero attached hydrogens (tertiary/aromatic N) is 3. The van der Waals surface area contributed by atoms with Gasteiger partial charge in [0.15, 0.2) is 5.75 Å². The highest BCUT2D eigenvalue weighted by Crippen LogP contribution is 2.35. The van der Waals surface area contributed by atoms with Crippen LogP contribution in [0.4, 0.5) is 30.5 Å². The molecular formula is C27H28F3N7O2. The van der Waals surface area contributed by atoms with Crippen molar-refractivity contribution in [2.45, 2.75) is 38.3 Å². The number of nitrogens with two attached hydrogens (primary N) is 2. The maximum atomic E-state index is 13.1. The van der Waals surface area contributed by atoms with E-state index < -0.39 is 24.0 Å². The van der Waals surface area contributed by atoms with Gasteiger partial charge in [0.05, 0.1) is 28.7 Å². The smallest absolute Gasteiger partial charge is 0.416 e. The zero-order valence-corrected chi connectivity index (χ0v) is 21.1. The molecule has 0 fully saturated rings. The number of rotatable bonds is 9. The van der Waals surface area contributed by atoms with E-state index in [0.29, 0.717) is 16.9 Å². The molecule has 4 aromatic rings. The number of hydrogen-bond acceptors (Lipinski definition) is 9. The molecular weight excluding hydrogens is 511 g/mol. The van der Waals surface area contributed by atoms with Crippen molar-refractivity contribution in [1.82, 2.24) is 15.0 Å². The summed E-state index contributed by atoms with van der Waals surface area (Å²) >= 11 is 0. The number of benzene rings is 2. The molecule has 39 heavy (non-hydrogen) atoms. The molecule has 9 nitrogen and oxygen atoms in total. The Labute approximate surface area is 223 Å². The molecule has 0 bridgehead atoms. The van der Waals surface area contributed by atoms with E-state index >= 15 is 0 Å². The zero-order chi connectivity index (χ0) is 28.2. The minimum atomic E-state index is -4.46. The van der Waals surface area contributed by atoms with Crippen molar-refractivity contribution in [3.8, 4) is 22.9 Å². The normalized spacial score (nSPS) is 13.8. The highest BCUT2D eigenvalue weighted by Gasteiger charge is 2.30. The number of aliphatic hydroxyl groups excluding tert-OH is 1. The average Bonchev–Trinajstić information content (AvgIpc) is 2.91. The SMILES string of the molecule is CC(Nc1nc(Oc2cccc(NC(O)C(C)N)c2N)cc(-c2ccc(C(F)(F)F)cc2)n1)c1cccnc1. The Kier molecular flexibility index (Phi) is 8.17. The molecule has 7 N–H and O–H groups in total. The van der Waals surface area contributed by atoms with Crippen LogP contribution in [0.3, 0.4) is 0 Å². The van der Waals surface area contributed by atoms with Crippen LogP contribution in [-0.4, -0.2) is 32.3 Å². The molecule has 0 saturated heterocycles. The van der Waals surface area contributed by atoms with Gasteiger partial charge in [0.2, 0.25) is 11.8 Å². The number of nitrogen functional groups attached to an aromatic ring is 1. The molecule has 2 heterocycles. The number of hydrogen-bond donors (Lipinski definition) is 5. The summed E-state index contributed by atoms with van der Waals surface area (Å²) in [5, 5.41) is 16.1. The molecule has 4 rings (SSSR count). The number of para-hydroxylation sites is 1. The second-order valence-electron chi connectivity index (χ2n) is 8.91. The molecule has 3 atom stereocenters. The van der Waals surface area contributed by atoms with E-state index in [4.69, 9.17) is 16.2 Å². The molecule has 3 unspecified atom stereocenters. The van der Waals surface area contributed by atoms with E-state index in [0.717, 1.165) is 17.7 Å². The van der Waals surface area contributed by atoms with Gasteiger partial charge in [0.1, 0.15) is 6.23 Å². The van der Waals surface area contributed by atoms with Crippen LogP contribution in [0.1, 0.15) is 31.0 Å². The summed E-state index contributed by atoms with van der Waals surface area (Å²) in [5.74, 6) is 0.511. The van der Waals surface area contributed by atoms with E-state index in [2.05, 4.69) is 25.6 Å². The Morgan fingerprint density at radius 3 is 2.36 bits per heavy atom. The quantitative estimate of drug-likeness (QED) is 0.143. The topological polar surface area (TPSA) is 144 Å². The van der Waals surface area contributed by atoms with Crippen molar-refractivity contribution in [2.24, 2.45) is 5.73 Å². The Morgan fingerprint density at radius 1 is 0.974 bits per heavy atom. The molecule has 0 aliphatic rings. The van der Waals surface area contributed by atoms with Crippen LogP contribution in [0.5, 0.6) is 11.6 Å². The van der Waals surface area contributed by atoms with Gasteiger partial charge in [-0.25, -0.2) is 4.98 Å². The lowest BCUT2D eigenvalue weighted by Gasteiger charge is -2.20. The van der Waals surface area contributed by atoms with Crippen LogP contribution in [0.2, 0.25) is 0 Å². The monoisotopic (exact) mass is 539 g/mol. The molecule has 0 aliphatic carbocycles. The van der Waals surface area contributed by atoms with Crippen LogP contribution in [-0.2, 0) is 6.18 Å². The molecule has 2 aromatic heterocycles. The largest absolute Gasteiger partial charge is 0.437 e. The number of pyridine rings is 1. The van der Waals surface area contributed by atoms with Crippen LogP contribution in [0.15, 0.2) is 73.1 Å². The summed E-state index contributed by atoms with van der Waals surface area (Å²) in [6, 6.07) is 14.0. The van der Waals surface area contributed by atoms with Gasteiger partial charge >= 0.3 is 6.18 Å². The molecule has 0 aliphatic heterocycles. The first-order valence-corrected chi connectivity index (χ1v) is 12.0. The first kappa shape index (κ1) is 27.6. The van der Waals surface area contributed by atoms with Gasteiger partial charge in [0.25, 0.3) is 0 Å². The summed E-state index contributed by atoms with van der Waals surface area (Å²) in [7, 11) is 0. The van der Waals surface area contributed by atoms with Crippen molar-refractivity contribution in [3.63, 3.8) is 0 Å². The van der Waals surface area contributed by atoms with Gasteiger partial charge in [-0.3, -0.25) is 4.98 Å². The fraction of sp³-hybridized carbons (Fsp3) is 0.222. The summed E-state index contributed by atoms with van der Waals surface area (Å²) in [4.78, 5) is 13.1. The van der Waals surface area contributed by atoms with Crippen molar-refractivity contribution in [2.75, 3.05) is 16.4 Å². The first-order valence-electron chi connectivity index (χ1n) is 12.0. The van der Waals surface area contributed by atoms with Gasteiger partial charge in [-0.2, -0.15) is 18.2 Å². The van der Waals surface area contributed by atoms with Crippen molar-refractivity contribution in [1.29, 1.82) is 0 Å². The summed E-state index contributed by atoms with van der Waals surface area (Å²) in [6.45, 7) is 3.53. The summed E-state index contributed by atoms with van der Waals surface area (Å²) in [5.41, 5.74) is 13.5. The number of aliphatic hydroxyl groups is 1. The molecule has 0 radical (unpaired) electrons. The minimum Gasteiger partial charge on any atom is -0.437 e. The van der Waals surface area contributed by atoms with E-state index in [1.165, 1.54) is 18.2 Å². The second kappa shape index (κ2) is 11.5. The minimum absolute atomic E-state index is 0.0948.